The van der Waals surface area contributed by atoms with E-state index in [2.05, 4.69) is 10.6 Å². The molecule has 0 radical (unpaired) electrons. The van der Waals surface area contributed by atoms with Crippen LogP contribution in [0.2, 0.25) is 5.02 Å². The predicted octanol–water partition coefficient (Wildman–Crippen LogP) is 2.42. The van der Waals surface area contributed by atoms with E-state index >= 15 is 0 Å². The van der Waals surface area contributed by atoms with Crippen molar-refractivity contribution in [3.05, 3.63) is 47.0 Å². The number of sulfonamides is 1. The monoisotopic (exact) mass is 482 g/mol. The van der Waals surface area contributed by atoms with Crippen molar-refractivity contribution in [1.29, 1.82) is 0 Å². The van der Waals surface area contributed by atoms with Gasteiger partial charge in [0.1, 0.15) is 5.75 Å². The molecule has 0 heterocycles. The first-order valence-electron chi connectivity index (χ1n) is 9.59. The summed E-state index contributed by atoms with van der Waals surface area (Å²) in [7, 11) is 2.34. The number of nitrogens with one attached hydrogen (secondary N) is 2. The third kappa shape index (κ3) is 6.67. The van der Waals surface area contributed by atoms with E-state index in [4.69, 9.17) is 16.3 Å². The van der Waals surface area contributed by atoms with Gasteiger partial charge in [-0.1, -0.05) is 17.7 Å². The van der Waals surface area contributed by atoms with E-state index in [0.29, 0.717) is 27.7 Å². The van der Waals surface area contributed by atoms with Crippen LogP contribution in [-0.4, -0.2) is 70.8 Å². The molecule has 0 fully saturated rings. The van der Waals surface area contributed by atoms with Gasteiger partial charge in [-0.05, 0) is 49.9 Å². The second kappa shape index (κ2) is 10.8. The highest BCUT2D eigenvalue weighted by atomic mass is 35.5. The normalized spacial score (nSPS) is 11.5. The van der Waals surface area contributed by atoms with Gasteiger partial charge < -0.3 is 15.4 Å². The Morgan fingerprint density at radius 3 is 2.22 bits per heavy atom. The Bertz CT molecular complexity index is 1110. The Hall–Kier alpha value is -2.66. The number of carbonyl (C=O) groups excluding carboxylic acids is 2. The maximum absolute atomic E-state index is 12.4. The lowest BCUT2D eigenvalue weighted by Crippen LogP contribution is -2.36. The quantitative estimate of drug-likeness (QED) is 0.568. The zero-order valence-corrected chi connectivity index (χ0v) is 20.2. The number of carbonyl (C=O) groups is 2. The minimum absolute atomic E-state index is 0.0583. The Labute approximate surface area is 193 Å². The molecule has 0 saturated heterocycles. The molecule has 2 aromatic carbocycles. The van der Waals surface area contributed by atoms with E-state index in [-0.39, 0.29) is 23.9 Å². The average molecular weight is 483 g/mol. The van der Waals surface area contributed by atoms with Crippen LogP contribution in [0.5, 0.6) is 5.75 Å². The van der Waals surface area contributed by atoms with Gasteiger partial charge in [-0.25, -0.2) is 12.7 Å². The highest BCUT2D eigenvalue weighted by Crippen LogP contribution is 2.27. The van der Waals surface area contributed by atoms with Gasteiger partial charge in [0.05, 0.1) is 30.8 Å². The van der Waals surface area contributed by atoms with E-state index in [1.54, 1.807) is 44.3 Å². The summed E-state index contributed by atoms with van der Waals surface area (Å²) in [5.41, 5.74) is 1.35. The van der Waals surface area contributed by atoms with E-state index in [0.717, 1.165) is 4.31 Å². The maximum atomic E-state index is 12.4. The first-order valence-corrected chi connectivity index (χ1v) is 11.4. The smallest absolute Gasteiger partial charge is 0.242 e. The van der Waals surface area contributed by atoms with Crippen LogP contribution in [0.3, 0.4) is 0 Å². The molecule has 0 bridgehead atoms. The Balaban J connectivity index is 1.99. The first kappa shape index (κ1) is 25.6. The fraction of sp³-hybridized carbons (Fsp3) is 0.333. The number of aryl methyl sites for hydroxylation is 1. The minimum atomic E-state index is -3.64. The van der Waals surface area contributed by atoms with Crippen LogP contribution >= 0.6 is 11.6 Å². The average Bonchev–Trinajstić information content (AvgIpc) is 2.69. The lowest BCUT2D eigenvalue weighted by Gasteiger charge is -2.18. The molecule has 2 aromatic rings. The van der Waals surface area contributed by atoms with Crippen molar-refractivity contribution >= 4 is 44.8 Å². The molecular weight excluding hydrogens is 456 g/mol. The lowest BCUT2D eigenvalue weighted by atomic mass is 10.2. The van der Waals surface area contributed by atoms with Gasteiger partial charge in [-0.15, -0.1) is 0 Å². The number of halogens is 1. The highest BCUT2D eigenvalue weighted by molar-refractivity contribution is 7.89. The highest BCUT2D eigenvalue weighted by Gasteiger charge is 2.21. The number of benzene rings is 2. The maximum Gasteiger partial charge on any atom is 0.242 e. The van der Waals surface area contributed by atoms with Gasteiger partial charge in [0, 0.05) is 24.8 Å². The van der Waals surface area contributed by atoms with Crippen LogP contribution < -0.4 is 15.4 Å². The van der Waals surface area contributed by atoms with Crippen molar-refractivity contribution in [1.82, 2.24) is 9.21 Å². The summed E-state index contributed by atoms with van der Waals surface area (Å²) in [5, 5.41) is 5.82. The largest absolute Gasteiger partial charge is 0.495 e. The third-order valence-corrected chi connectivity index (χ3v) is 6.69. The van der Waals surface area contributed by atoms with E-state index < -0.39 is 15.9 Å². The Morgan fingerprint density at radius 2 is 1.62 bits per heavy atom. The van der Waals surface area contributed by atoms with Crippen LogP contribution in [0, 0.1) is 6.92 Å². The molecule has 0 unspecified atom stereocenters. The molecule has 2 N–H and O–H groups in total. The van der Waals surface area contributed by atoms with Gasteiger partial charge in [0.15, 0.2) is 0 Å². The van der Waals surface area contributed by atoms with E-state index in [1.807, 2.05) is 0 Å². The lowest BCUT2D eigenvalue weighted by molar-refractivity contribution is -0.119. The van der Waals surface area contributed by atoms with Crippen molar-refractivity contribution in [3.8, 4) is 5.75 Å². The molecule has 2 amide bonds. The van der Waals surface area contributed by atoms with Crippen LogP contribution in [-0.2, 0) is 19.6 Å². The Morgan fingerprint density at radius 1 is 1.00 bits per heavy atom. The molecule has 0 saturated carbocycles. The van der Waals surface area contributed by atoms with E-state index in [9.17, 15) is 18.0 Å². The number of rotatable bonds is 9. The van der Waals surface area contributed by atoms with Crippen LogP contribution in [0.25, 0.3) is 0 Å². The number of methoxy groups -OCH3 is 1. The van der Waals surface area contributed by atoms with Crippen LogP contribution in [0.15, 0.2) is 41.3 Å². The van der Waals surface area contributed by atoms with Crippen molar-refractivity contribution in [2.24, 2.45) is 0 Å². The number of ether oxygens (including phenoxy) is 1. The summed E-state index contributed by atoms with van der Waals surface area (Å²) in [5.74, 6) is -0.278. The number of likely N-dealkylation sites (N-methyl/N-ethyl adjacent to an activating group) is 1. The summed E-state index contributed by atoms with van der Waals surface area (Å²) >= 11 is 5.96. The SMILES string of the molecule is COc1ccc(Cl)cc1NC(=O)CN(C)CC(=O)Nc1ccc(C)c(S(=O)(=O)N(C)C)c1. The fourth-order valence-electron chi connectivity index (χ4n) is 2.87. The van der Waals surface area contributed by atoms with Crippen molar-refractivity contribution in [3.63, 3.8) is 0 Å². The van der Waals surface area contributed by atoms with Gasteiger partial charge in [0.2, 0.25) is 21.8 Å². The van der Waals surface area contributed by atoms with Gasteiger partial charge in [-0.2, -0.15) is 0 Å². The van der Waals surface area contributed by atoms with Crippen molar-refractivity contribution in [2.45, 2.75) is 11.8 Å². The second-order valence-electron chi connectivity index (χ2n) is 7.38. The number of hydrogen-bond acceptors (Lipinski definition) is 6. The number of anilines is 2. The summed E-state index contributed by atoms with van der Waals surface area (Å²) in [4.78, 5) is 26.4. The molecule has 0 aliphatic carbocycles. The Kier molecular flexibility index (Phi) is 8.62. The van der Waals surface area contributed by atoms with Gasteiger partial charge in [0.25, 0.3) is 0 Å². The van der Waals surface area contributed by atoms with E-state index in [1.165, 1.54) is 32.2 Å². The molecule has 9 nitrogen and oxygen atoms in total. The number of nitrogens with zero attached hydrogens (tertiary/aromatic N) is 2. The summed E-state index contributed by atoms with van der Waals surface area (Å²) < 4.78 is 31.2. The van der Waals surface area contributed by atoms with Gasteiger partial charge in [-0.3, -0.25) is 14.5 Å². The number of amides is 2. The molecule has 0 aliphatic rings. The molecule has 0 aromatic heterocycles. The molecule has 2 rings (SSSR count). The van der Waals surface area contributed by atoms with Crippen molar-refractivity contribution in [2.75, 3.05) is 52.0 Å². The zero-order valence-electron chi connectivity index (χ0n) is 18.6. The topological polar surface area (TPSA) is 108 Å². The molecule has 174 valence electrons. The van der Waals surface area contributed by atoms with Gasteiger partial charge >= 0.3 is 0 Å². The summed E-state index contributed by atoms with van der Waals surface area (Å²) in [6, 6.07) is 9.53. The first-order chi connectivity index (χ1) is 14.9. The second-order valence-corrected chi connectivity index (χ2v) is 9.94. The summed E-state index contributed by atoms with van der Waals surface area (Å²) in [6.45, 7) is 1.55. The van der Waals surface area contributed by atoms with Crippen LogP contribution in [0.1, 0.15) is 5.56 Å². The predicted molar refractivity (Wildman–Crippen MR) is 125 cm³/mol. The number of hydrogen-bond donors (Lipinski definition) is 2. The molecule has 0 atom stereocenters. The van der Waals surface area contributed by atoms with Crippen molar-refractivity contribution < 1.29 is 22.7 Å². The molecule has 0 spiro atoms. The van der Waals surface area contributed by atoms with Crippen LogP contribution in [0.4, 0.5) is 11.4 Å². The molecule has 11 heteroatoms. The molecule has 0 aliphatic heterocycles. The standard InChI is InChI=1S/C21H27ClN4O5S/c1-14-6-8-16(11-19(14)32(29,30)25(2)3)23-20(27)12-26(4)13-21(28)24-17-10-15(22)7-9-18(17)31-5/h6-11H,12-13H2,1-5H3,(H,23,27)(H,24,28). The molecular formula is C21H27ClN4O5S. The summed E-state index contributed by atoms with van der Waals surface area (Å²) in [6.07, 6.45) is 0. The third-order valence-electron chi connectivity index (χ3n) is 4.49. The minimum Gasteiger partial charge on any atom is -0.495 e. The zero-order chi connectivity index (χ0) is 24.1. The molecule has 32 heavy (non-hydrogen) atoms. The fourth-order valence-corrected chi connectivity index (χ4v) is 4.18.